The molecule has 0 radical (unpaired) electrons. The summed E-state index contributed by atoms with van der Waals surface area (Å²) in [6.45, 7) is 2.65. The summed E-state index contributed by atoms with van der Waals surface area (Å²) in [5.41, 5.74) is 6.91. The number of hydrogen-bond donors (Lipinski definition) is 1. The third-order valence-corrected chi connectivity index (χ3v) is 3.86. The number of thioether (sulfide) groups is 1. The van der Waals surface area contributed by atoms with Crippen LogP contribution in [0.3, 0.4) is 0 Å². The van der Waals surface area contributed by atoms with Gasteiger partial charge in [-0.1, -0.05) is 12.1 Å². The van der Waals surface area contributed by atoms with Crippen molar-refractivity contribution >= 4 is 17.7 Å². The number of benzene rings is 2. The molecule has 0 unspecified atom stereocenters. The van der Waals surface area contributed by atoms with Crippen LogP contribution in [0.15, 0.2) is 53.4 Å². The molecule has 104 valence electrons. The van der Waals surface area contributed by atoms with Crippen molar-refractivity contribution in [1.29, 1.82) is 0 Å². The van der Waals surface area contributed by atoms with Gasteiger partial charge in [0.2, 0.25) is 5.91 Å². The highest BCUT2D eigenvalue weighted by Crippen LogP contribution is 2.25. The van der Waals surface area contributed by atoms with Crippen LogP contribution in [0.1, 0.15) is 22.8 Å². The molecule has 0 aliphatic rings. The van der Waals surface area contributed by atoms with Gasteiger partial charge in [0.05, 0.1) is 6.61 Å². The summed E-state index contributed by atoms with van der Waals surface area (Å²) in [5, 5.41) is 0. The van der Waals surface area contributed by atoms with Gasteiger partial charge in [0, 0.05) is 16.2 Å². The summed E-state index contributed by atoms with van der Waals surface area (Å²) in [4.78, 5) is 12.2. The monoisotopic (exact) mass is 287 g/mol. The highest BCUT2D eigenvalue weighted by molar-refractivity contribution is 7.98. The Kier molecular flexibility index (Phi) is 5.07. The zero-order chi connectivity index (χ0) is 14.4. The van der Waals surface area contributed by atoms with Gasteiger partial charge in [-0.05, 0) is 48.9 Å². The Balaban J connectivity index is 1.92. The van der Waals surface area contributed by atoms with Crippen molar-refractivity contribution in [3.8, 4) is 5.75 Å². The molecule has 0 fully saturated rings. The van der Waals surface area contributed by atoms with E-state index in [2.05, 4.69) is 0 Å². The third kappa shape index (κ3) is 4.03. The van der Waals surface area contributed by atoms with Crippen molar-refractivity contribution in [2.45, 2.75) is 17.6 Å². The molecule has 4 heteroatoms. The number of amides is 1. The molecule has 1 amide bonds. The fraction of sp³-hybridized carbons (Fsp3) is 0.188. The first kappa shape index (κ1) is 14.5. The summed E-state index contributed by atoms with van der Waals surface area (Å²) in [6.07, 6.45) is 0. The van der Waals surface area contributed by atoms with E-state index in [0.717, 1.165) is 17.1 Å². The van der Waals surface area contributed by atoms with Crippen molar-refractivity contribution in [2.24, 2.45) is 5.73 Å². The fourth-order valence-electron chi connectivity index (χ4n) is 1.73. The van der Waals surface area contributed by atoms with Gasteiger partial charge in [-0.2, -0.15) is 0 Å². The predicted octanol–water partition coefficient (Wildman–Crippen LogP) is 3.48. The normalized spacial score (nSPS) is 10.2. The van der Waals surface area contributed by atoms with Crippen molar-refractivity contribution in [2.75, 3.05) is 6.61 Å². The topological polar surface area (TPSA) is 52.3 Å². The second-order valence-corrected chi connectivity index (χ2v) is 5.30. The second kappa shape index (κ2) is 7.01. The molecule has 0 saturated carbocycles. The molecule has 0 heterocycles. The van der Waals surface area contributed by atoms with E-state index in [-0.39, 0.29) is 0 Å². The molecule has 2 N–H and O–H groups in total. The van der Waals surface area contributed by atoms with E-state index in [9.17, 15) is 4.79 Å². The van der Waals surface area contributed by atoms with Crippen molar-refractivity contribution in [1.82, 2.24) is 0 Å². The summed E-state index contributed by atoms with van der Waals surface area (Å²) < 4.78 is 5.41. The van der Waals surface area contributed by atoms with Crippen LogP contribution in [0, 0.1) is 0 Å². The maximum atomic E-state index is 11.0. The van der Waals surface area contributed by atoms with E-state index in [1.54, 1.807) is 23.9 Å². The van der Waals surface area contributed by atoms with E-state index >= 15 is 0 Å². The Morgan fingerprint density at radius 1 is 1.10 bits per heavy atom. The number of rotatable bonds is 6. The zero-order valence-electron chi connectivity index (χ0n) is 11.3. The summed E-state index contributed by atoms with van der Waals surface area (Å²) in [5.74, 6) is 1.35. The Morgan fingerprint density at radius 2 is 1.75 bits per heavy atom. The molecule has 2 rings (SSSR count). The van der Waals surface area contributed by atoms with Crippen molar-refractivity contribution in [3.63, 3.8) is 0 Å². The number of carbonyl (C=O) groups is 1. The maximum absolute atomic E-state index is 11.0. The third-order valence-electron chi connectivity index (χ3n) is 2.78. The minimum absolute atomic E-state index is 0.393. The van der Waals surface area contributed by atoms with Crippen LogP contribution >= 0.6 is 11.8 Å². The molecule has 0 aromatic heterocycles. The van der Waals surface area contributed by atoms with Gasteiger partial charge in [-0.25, -0.2) is 0 Å². The SMILES string of the molecule is CCOc1ccc(SCc2ccc(C(N)=O)cc2)cc1. The van der Waals surface area contributed by atoms with Crippen LogP contribution in [0.2, 0.25) is 0 Å². The summed E-state index contributed by atoms with van der Waals surface area (Å²) in [7, 11) is 0. The largest absolute Gasteiger partial charge is 0.494 e. The molecular formula is C16H17NO2S. The molecule has 2 aromatic rings. The average Bonchev–Trinajstić information content (AvgIpc) is 2.47. The van der Waals surface area contributed by atoms with Crippen LogP contribution < -0.4 is 10.5 Å². The molecule has 2 aromatic carbocycles. The van der Waals surface area contributed by atoms with Gasteiger partial charge in [0.15, 0.2) is 0 Å². The number of nitrogens with two attached hydrogens (primary N) is 1. The smallest absolute Gasteiger partial charge is 0.248 e. The molecular weight excluding hydrogens is 270 g/mol. The summed E-state index contributed by atoms with van der Waals surface area (Å²) in [6, 6.07) is 15.4. The van der Waals surface area contributed by atoms with E-state index in [1.165, 1.54) is 4.90 Å². The predicted molar refractivity (Wildman–Crippen MR) is 82.1 cm³/mol. The average molecular weight is 287 g/mol. The lowest BCUT2D eigenvalue weighted by Gasteiger charge is -2.05. The van der Waals surface area contributed by atoms with Gasteiger partial charge in [0.1, 0.15) is 5.75 Å². The minimum Gasteiger partial charge on any atom is -0.494 e. The Hall–Kier alpha value is -1.94. The molecule has 0 aliphatic heterocycles. The fourth-order valence-corrected chi connectivity index (χ4v) is 2.58. The Bertz CT molecular complexity index is 564. The van der Waals surface area contributed by atoms with Gasteiger partial charge >= 0.3 is 0 Å². The molecule has 0 atom stereocenters. The molecule has 0 aliphatic carbocycles. The second-order valence-electron chi connectivity index (χ2n) is 4.25. The highest BCUT2D eigenvalue weighted by Gasteiger charge is 2.01. The van der Waals surface area contributed by atoms with Crippen molar-refractivity contribution < 1.29 is 9.53 Å². The first-order valence-corrected chi connectivity index (χ1v) is 7.42. The van der Waals surface area contributed by atoms with Crippen molar-refractivity contribution in [3.05, 3.63) is 59.7 Å². The van der Waals surface area contributed by atoms with Crippen LogP contribution in [0.4, 0.5) is 0 Å². The molecule has 3 nitrogen and oxygen atoms in total. The number of ether oxygens (including phenoxy) is 1. The Labute approximate surface area is 123 Å². The first-order chi connectivity index (χ1) is 9.69. The number of primary amides is 1. The standard InChI is InChI=1S/C16H17NO2S/c1-2-19-14-7-9-15(10-8-14)20-11-12-3-5-13(6-4-12)16(17)18/h3-10H,2,11H2,1H3,(H2,17,18). The molecule has 0 bridgehead atoms. The van der Waals surface area contributed by atoms with Crippen LogP contribution in [-0.4, -0.2) is 12.5 Å². The van der Waals surface area contributed by atoms with E-state index in [0.29, 0.717) is 12.2 Å². The lowest BCUT2D eigenvalue weighted by atomic mass is 10.1. The van der Waals surface area contributed by atoms with Crippen LogP contribution in [0.25, 0.3) is 0 Å². The number of hydrogen-bond acceptors (Lipinski definition) is 3. The summed E-state index contributed by atoms with van der Waals surface area (Å²) >= 11 is 1.74. The van der Waals surface area contributed by atoms with Gasteiger partial charge in [-0.3, -0.25) is 4.79 Å². The van der Waals surface area contributed by atoms with Gasteiger partial charge < -0.3 is 10.5 Å². The lowest BCUT2D eigenvalue weighted by molar-refractivity contribution is 0.100. The minimum atomic E-state index is -0.393. The van der Waals surface area contributed by atoms with E-state index in [1.807, 2.05) is 43.3 Å². The van der Waals surface area contributed by atoms with Crippen LogP contribution in [-0.2, 0) is 5.75 Å². The van der Waals surface area contributed by atoms with Crippen LogP contribution in [0.5, 0.6) is 5.75 Å². The maximum Gasteiger partial charge on any atom is 0.248 e. The quantitative estimate of drug-likeness (QED) is 0.828. The van der Waals surface area contributed by atoms with E-state index < -0.39 is 5.91 Å². The molecule has 0 saturated heterocycles. The Morgan fingerprint density at radius 3 is 2.30 bits per heavy atom. The molecule has 0 spiro atoms. The zero-order valence-corrected chi connectivity index (χ0v) is 12.2. The van der Waals surface area contributed by atoms with E-state index in [4.69, 9.17) is 10.5 Å². The molecule has 20 heavy (non-hydrogen) atoms. The first-order valence-electron chi connectivity index (χ1n) is 6.43. The van der Waals surface area contributed by atoms with Gasteiger partial charge in [-0.15, -0.1) is 11.8 Å². The lowest BCUT2D eigenvalue weighted by Crippen LogP contribution is -2.10. The highest BCUT2D eigenvalue weighted by atomic mass is 32.2. The van der Waals surface area contributed by atoms with Gasteiger partial charge in [0.25, 0.3) is 0 Å². The number of carbonyl (C=O) groups excluding carboxylic acids is 1.